The van der Waals surface area contributed by atoms with Gasteiger partial charge in [0.25, 0.3) is 0 Å². The molecule has 0 radical (unpaired) electrons. The fourth-order valence-corrected chi connectivity index (χ4v) is 2.02. The molecule has 1 aliphatic rings. The number of nitrogens with two attached hydrogens (primary N) is 1. The molecule has 0 heterocycles. The molecule has 0 aromatic rings. The summed E-state index contributed by atoms with van der Waals surface area (Å²) in [6.45, 7) is 2.93. The van der Waals surface area contributed by atoms with Gasteiger partial charge >= 0.3 is 6.03 Å². The molecule has 1 fully saturated rings. The molecule has 0 saturated heterocycles. The molecule has 2 amide bonds. The van der Waals surface area contributed by atoms with Crippen LogP contribution in [0.25, 0.3) is 0 Å². The summed E-state index contributed by atoms with van der Waals surface area (Å²) < 4.78 is 5.77. The number of urea groups is 1. The molecule has 1 rings (SSSR count). The molecule has 0 aliphatic heterocycles. The van der Waals surface area contributed by atoms with Crippen molar-refractivity contribution in [2.24, 2.45) is 5.73 Å². The summed E-state index contributed by atoms with van der Waals surface area (Å²) in [5.41, 5.74) is 5.13. The largest absolute Gasteiger partial charge is 0.376 e. The van der Waals surface area contributed by atoms with Crippen molar-refractivity contribution in [2.75, 3.05) is 6.61 Å². The van der Waals surface area contributed by atoms with E-state index in [9.17, 15) is 4.79 Å². The molecule has 1 aliphatic carbocycles. The maximum absolute atomic E-state index is 10.8. The first-order valence-corrected chi connectivity index (χ1v) is 5.91. The van der Waals surface area contributed by atoms with Crippen molar-refractivity contribution in [3.05, 3.63) is 0 Å². The van der Waals surface area contributed by atoms with Crippen molar-refractivity contribution in [1.29, 1.82) is 0 Å². The molecule has 4 heteroatoms. The van der Waals surface area contributed by atoms with Gasteiger partial charge in [0.2, 0.25) is 0 Å². The van der Waals surface area contributed by atoms with Crippen molar-refractivity contribution in [3.63, 3.8) is 0 Å². The van der Waals surface area contributed by atoms with E-state index in [0.717, 1.165) is 38.7 Å². The highest BCUT2D eigenvalue weighted by Gasteiger charge is 2.26. The lowest BCUT2D eigenvalue weighted by atomic mass is 9.92. The summed E-state index contributed by atoms with van der Waals surface area (Å²) in [6.07, 6.45) is 6.75. The molecule has 2 atom stereocenters. The lowest BCUT2D eigenvalue weighted by Gasteiger charge is -2.31. The van der Waals surface area contributed by atoms with Gasteiger partial charge in [-0.25, -0.2) is 4.79 Å². The summed E-state index contributed by atoms with van der Waals surface area (Å²) in [5.74, 6) is 0. The summed E-state index contributed by atoms with van der Waals surface area (Å²) in [5, 5.41) is 2.77. The number of hydrogen-bond donors (Lipinski definition) is 2. The summed E-state index contributed by atoms with van der Waals surface area (Å²) in [6, 6.07) is -0.320. The second kappa shape index (κ2) is 6.67. The zero-order chi connectivity index (χ0) is 11.1. The van der Waals surface area contributed by atoms with Crippen LogP contribution in [0.1, 0.15) is 45.4 Å². The number of amides is 2. The van der Waals surface area contributed by atoms with Gasteiger partial charge in [-0.05, 0) is 19.3 Å². The Morgan fingerprint density at radius 2 is 2.20 bits per heavy atom. The number of carbonyl (C=O) groups is 1. The van der Waals surface area contributed by atoms with Crippen molar-refractivity contribution in [3.8, 4) is 0 Å². The molecule has 88 valence electrons. The van der Waals surface area contributed by atoms with Crippen LogP contribution < -0.4 is 11.1 Å². The normalized spacial score (nSPS) is 26.2. The molecule has 3 N–H and O–H groups in total. The van der Waals surface area contributed by atoms with E-state index in [-0.39, 0.29) is 12.1 Å². The third-order valence-electron chi connectivity index (χ3n) is 2.86. The molecule has 0 bridgehead atoms. The van der Waals surface area contributed by atoms with Gasteiger partial charge in [0.1, 0.15) is 0 Å². The molecule has 0 aromatic carbocycles. The maximum Gasteiger partial charge on any atom is 0.312 e. The quantitative estimate of drug-likeness (QED) is 0.685. The summed E-state index contributed by atoms with van der Waals surface area (Å²) in [7, 11) is 0. The summed E-state index contributed by atoms with van der Waals surface area (Å²) >= 11 is 0. The molecule has 0 spiro atoms. The van der Waals surface area contributed by atoms with E-state index in [0.29, 0.717) is 0 Å². The second-order valence-corrected chi connectivity index (χ2v) is 4.16. The van der Waals surface area contributed by atoms with E-state index in [1.165, 1.54) is 6.42 Å². The van der Waals surface area contributed by atoms with Gasteiger partial charge in [0.15, 0.2) is 0 Å². The lowest BCUT2D eigenvalue weighted by molar-refractivity contribution is 0.00706. The van der Waals surface area contributed by atoms with E-state index in [2.05, 4.69) is 12.2 Å². The van der Waals surface area contributed by atoms with Crippen LogP contribution in [0.3, 0.4) is 0 Å². The molecular weight excluding hydrogens is 192 g/mol. The Kier molecular flexibility index (Phi) is 5.47. The van der Waals surface area contributed by atoms with Gasteiger partial charge in [-0.15, -0.1) is 0 Å². The third kappa shape index (κ3) is 4.51. The molecule has 0 unspecified atom stereocenters. The van der Waals surface area contributed by atoms with Crippen molar-refractivity contribution in [2.45, 2.75) is 57.6 Å². The van der Waals surface area contributed by atoms with Crippen LogP contribution in [0, 0.1) is 0 Å². The van der Waals surface area contributed by atoms with Crippen LogP contribution in [0.15, 0.2) is 0 Å². The highest BCUT2D eigenvalue weighted by Crippen LogP contribution is 2.21. The van der Waals surface area contributed by atoms with Crippen LogP contribution >= 0.6 is 0 Å². The first kappa shape index (κ1) is 12.3. The Hall–Kier alpha value is -0.770. The first-order valence-electron chi connectivity index (χ1n) is 5.91. The molecule has 1 saturated carbocycles. The third-order valence-corrected chi connectivity index (χ3v) is 2.86. The monoisotopic (exact) mass is 214 g/mol. The highest BCUT2D eigenvalue weighted by atomic mass is 16.5. The predicted molar refractivity (Wildman–Crippen MR) is 59.6 cm³/mol. The maximum atomic E-state index is 10.8. The SMILES string of the molecule is CCCCO[C@@H]1CCCC[C@H]1NC(N)=O. The zero-order valence-electron chi connectivity index (χ0n) is 9.50. The number of rotatable bonds is 5. The van der Waals surface area contributed by atoms with E-state index in [1.54, 1.807) is 0 Å². The fraction of sp³-hybridized carbons (Fsp3) is 0.909. The average molecular weight is 214 g/mol. The van der Waals surface area contributed by atoms with Crippen LogP contribution in [-0.4, -0.2) is 24.8 Å². The smallest absolute Gasteiger partial charge is 0.312 e. The standard InChI is InChI=1S/C11H22N2O2/c1-2-3-8-15-10-7-5-4-6-9(10)13-11(12)14/h9-10H,2-8H2,1H3,(H3,12,13,14)/t9-,10-/m1/s1. The Morgan fingerprint density at radius 1 is 1.47 bits per heavy atom. The number of ether oxygens (including phenoxy) is 1. The van der Waals surface area contributed by atoms with Crippen LogP contribution in [0.2, 0.25) is 0 Å². The minimum atomic E-state index is -0.439. The van der Waals surface area contributed by atoms with Gasteiger partial charge < -0.3 is 15.8 Å². The topological polar surface area (TPSA) is 64.3 Å². The van der Waals surface area contributed by atoms with Crippen LogP contribution in [-0.2, 0) is 4.74 Å². The van der Waals surface area contributed by atoms with Crippen LogP contribution in [0.5, 0.6) is 0 Å². The van der Waals surface area contributed by atoms with Gasteiger partial charge in [-0.3, -0.25) is 0 Å². The minimum absolute atomic E-state index is 0.119. The molecule has 4 nitrogen and oxygen atoms in total. The number of unbranched alkanes of at least 4 members (excludes halogenated alkanes) is 1. The van der Waals surface area contributed by atoms with Gasteiger partial charge in [0.05, 0.1) is 12.1 Å². The van der Waals surface area contributed by atoms with Crippen molar-refractivity contribution < 1.29 is 9.53 Å². The first-order chi connectivity index (χ1) is 7.24. The van der Waals surface area contributed by atoms with Gasteiger partial charge in [0, 0.05) is 6.61 Å². The molecule has 0 aromatic heterocycles. The second-order valence-electron chi connectivity index (χ2n) is 4.16. The predicted octanol–water partition coefficient (Wildman–Crippen LogP) is 1.78. The Balaban J connectivity index is 2.32. The van der Waals surface area contributed by atoms with Crippen molar-refractivity contribution >= 4 is 6.03 Å². The number of carbonyl (C=O) groups excluding carboxylic acids is 1. The average Bonchev–Trinajstić information content (AvgIpc) is 2.20. The van der Waals surface area contributed by atoms with E-state index >= 15 is 0 Å². The Bertz CT molecular complexity index is 197. The van der Waals surface area contributed by atoms with Gasteiger partial charge in [-0.2, -0.15) is 0 Å². The Labute approximate surface area is 91.5 Å². The van der Waals surface area contributed by atoms with Crippen molar-refractivity contribution in [1.82, 2.24) is 5.32 Å². The number of nitrogens with one attached hydrogen (secondary N) is 1. The number of primary amides is 1. The lowest BCUT2D eigenvalue weighted by Crippen LogP contribution is -2.48. The molecular formula is C11H22N2O2. The van der Waals surface area contributed by atoms with E-state index in [4.69, 9.17) is 10.5 Å². The van der Waals surface area contributed by atoms with Crippen LogP contribution in [0.4, 0.5) is 4.79 Å². The molecule has 15 heavy (non-hydrogen) atoms. The minimum Gasteiger partial charge on any atom is -0.376 e. The van der Waals surface area contributed by atoms with Gasteiger partial charge in [-0.1, -0.05) is 26.2 Å². The number of hydrogen-bond acceptors (Lipinski definition) is 2. The van der Waals surface area contributed by atoms with E-state index in [1.807, 2.05) is 0 Å². The summed E-state index contributed by atoms with van der Waals surface area (Å²) in [4.78, 5) is 10.8. The van der Waals surface area contributed by atoms with E-state index < -0.39 is 6.03 Å². The zero-order valence-corrected chi connectivity index (χ0v) is 9.50. The highest BCUT2D eigenvalue weighted by molar-refractivity contribution is 5.72. The Morgan fingerprint density at radius 3 is 2.87 bits per heavy atom. The fourth-order valence-electron chi connectivity index (χ4n) is 2.02.